The molecule has 0 aliphatic heterocycles. The molecule has 0 aliphatic rings. The number of para-hydroxylation sites is 2. The average Bonchev–Trinajstić information content (AvgIpc) is 2.97. The van der Waals surface area contributed by atoms with Crippen molar-refractivity contribution in [3.8, 4) is 16.9 Å². The van der Waals surface area contributed by atoms with E-state index in [9.17, 15) is 22.8 Å². The van der Waals surface area contributed by atoms with Crippen molar-refractivity contribution in [2.45, 2.75) is 32.2 Å². The molecule has 43 heavy (non-hydrogen) atoms. The molecule has 2 aromatic heterocycles. The summed E-state index contributed by atoms with van der Waals surface area (Å²) in [6.45, 7) is 3.12. The number of carbonyl (C=O) groups excluding carboxylic acids is 1. The highest BCUT2D eigenvalue weighted by Crippen LogP contribution is 2.30. The normalized spacial score (nSPS) is 11.4. The number of anilines is 2. The van der Waals surface area contributed by atoms with E-state index in [1.165, 1.54) is 30.0 Å². The molecule has 2 aromatic carbocycles. The number of aromatic amines is 1. The maximum atomic E-state index is 12.8. The van der Waals surface area contributed by atoms with E-state index < -0.39 is 23.7 Å². The van der Waals surface area contributed by atoms with Gasteiger partial charge < -0.3 is 15.8 Å². The Kier molecular flexibility index (Phi) is 10.8. The van der Waals surface area contributed by atoms with E-state index in [-0.39, 0.29) is 17.2 Å². The van der Waals surface area contributed by atoms with Crippen LogP contribution in [0, 0.1) is 0 Å². The lowest BCUT2D eigenvalue weighted by Crippen LogP contribution is -2.27. The number of pyridine rings is 1. The molecule has 0 atom stereocenters. The minimum atomic E-state index is -4.93. The van der Waals surface area contributed by atoms with Gasteiger partial charge in [0.25, 0.3) is 5.56 Å². The maximum absolute atomic E-state index is 12.8. The van der Waals surface area contributed by atoms with Crippen LogP contribution < -0.4 is 26.7 Å². The highest BCUT2D eigenvalue weighted by molar-refractivity contribution is 5.99. The molecule has 4 rings (SSSR count). The van der Waals surface area contributed by atoms with Crippen LogP contribution in [0.1, 0.15) is 24.0 Å². The van der Waals surface area contributed by atoms with Crippen LogP contribution in [0.2, 0.25) is 0 Å². The Morgan fingerprint density at radius 2 is 1.72 bits per heavy atom. The Morgan fingerprint density at radius 1 is 0.953 bits per heavy atom. The third-order valence-electron chi connectivity index (χ3n) is 6.40. The lowest BCUT2D eigenvalue weighted by Gasteiger charge is -2.22. The van der Waals surface area contributed by atoms with Crippen molar-refractivity contribution in [1.29, 1.82) is 0 Å². The summed E-state index contributed by atoms with van der Waals surface area (Å²) in [5.74, 6) is -0.767. The summed E-state index contributed by atoms with van der Waals surface area (Å²) >= 11 is 0. The van der Waals surface area contributed by atoms with Gasteiger partial charge in [0.15, 0.2) is 5.75 Å². The molecule has 0 bridgehead atoms. The number of nitrogens with two attached hydrogens (primary N) is 1. The number of urea groups is 1. The van der Waals surface area contributed by atoms with Crippen molar-refractivity contribution < 1.29 is 22.7 Å². The Labute approximate surface area is 246 Å². The first kappa shape index (κ1) is 31.2. The molecule has 5 N–H and O–H groups in total. The Morgan fingerprint density at radius 3 is 2.42 bits per heavy atom. The highest BCUT2D eigenvalue weighted by Gasteiger charge is 2.32. The summed E-state index contributed by atoms with van der Waals surface area (Å²) in [7, 11) is 0. The van der Waals surface area contributed by atoms with E-state index in [1.54, 1.807) is 6.20 Å². The van der Waals surface area contributed by atoms with Gasteiger partial charge in [0.05, 0.1) is 11.3 Å². The minimum absolute atomic E-state index is 0.182. The summed E-state index contributed by atoms with van der Waals surface area (Å²) in [4.78, 5) is 38.2. The van der Waals surface area contributed by atoms with E-state index in [0.717, 1.165) is 50.5 Å². The number of ether oxygens (including phenoxy) is 1. The van der Waals surface area contributed by atoms with E-state index in [4.69, 9.17) is 5.73 Å². The molecule has 0 unspecified atom stereocenters. The number of hydrogen-bond donors (Lipinski definition) is 4. The van der Waals surface area contributed by atoms with Gasteiger partial charge in [-0.3, -0.25) is 25.0 Å². The van der Waals surface area contributed by atoms with Crippen molar-refractivity contribution in [2.75, 3.05) is 30.3 Å². The number of halogens is 3. The third kappa shape index (κ3) is 9.94. The molecule has 0 aliphatic carbocycles. The predicted octanol–water partition coefficient (Wildman–Crippen LogP) is 5.16. The fourth-order valence-electron chi connectivity index (χ4n) is 4.39. The second-order valence-corrected chi connectivity index (χ2v) is 9.68. The fraction of sp³-hybridized carbons (Fsp3) is 0.267. The van der Waals surface area contributed by atoms with Crippen molar-refractivity contribution in [1.82, 2.24) is 19.9 Å². The fourth-order valence-corrected chi connectivity index (χ4v) is 4.39. The summed E-state index contributed by atoms with van der Waals surface area (Å²) in [6.07, 6.45) is 2.84. The standard InChI is InChI=1S/C30H32F3N7O3/c31-30(32,33)43-26-9-2-1-8-25(26)37-29(42)39-28-36-19-24(27(41)38-28)23-12-10-22(11-13-23)20-40(17-5-14-34)16-4-7-21-6-3-15-35-18-21/h1-3,6,8-13,15,18-19H,4-5,7,14,16-17,20,34H2,(H3,36,37,38,39,41,42). The van der Waals surface area contributed by atoms with Gasteiger partial charge >= 0.3 is 12.4 Å². The maximum Gasteiger partial charge on any atom is 0.573 e. The van der Waals surface area contributed by atoms with E-state index in [1.807, 2.05) is 36.5 Å². The van der Waals surface area contributed by atoms with Crippen LogP contribution in [-0.2, 0) is 13.0 Å². The summed E-state index contributed by atoms with van der Waals surface area (Å²) in [6, 6.07) is 15.7. The average molecular weight is 596 g/mol. The van der Waals surface area contributed by atoms with Crippen LogP contribution in [0.15, 0.2) is 84.0 Å². The number of nitrogens with one attached hydrogen (secondary N) is 3. The lowest BCUT2D eigenvalue weighted by molar-refractivity contribution is -0.274. The van der Waals surface area contributed by atoms with Crippen LogP contribution in [0.25, 0.3) is 11.1 Å². The van der Waals surface area contributed by atoms with Crippen LogP contribution in [0.5, 0.6) is 5.75 Å². The largest absolute Gasteiger partial charge is 0.573 e. The van der Waals surface area contributed by atoms with Crippen molar-refractivity contribution in [3.63, 3.8) is 0 Å². The number of alkyl halides is 3. The first-order chi connectivity index (χ1) is 20.7. The highest BCUT2D eigenvalue weighted by atomic mass is 19.4. The number of amides is 2. The Balaban J connectivity index is 1.35. The van der Waals surface area contributed by atoms with Crippen molar-refractivity contribution in [3.05, 3.63) is 101 Å². The molecule has 2 heterocycles. The molecule has 4 aromatic rings. The zero-order valence-corrected chi connectivity index (χ0v) is 23.2. The van der Waals surface area contributed by atoms with Gasteiger partial charge in [0, 0.05) is 25.1 Å². The van der Waals surface area contributed by atoms with Crippen LogP contribution in [0.3, 0.4) is 0 Å². The van der Waals surface area contributed by atoms with Gasteiger partial charge in [0.2, 0.25) is 5.95 Å². The number of rotatable bonds is 13. The number of carbonyl (C=O) groups is 1. The van der Waals surface area contributed by atoms with Crippen LogP contribution >= 0.6 is 0 Å². The van der Waals surface area contributed by atoms with Gasteiger partial charge in [-0.25, -0.2) is 9.78 Å². The summed E-state index contributed by atoms with van der Waals surface area (Å²) in [5.41, 5.74) is 8.23. The Bertz CT molecular complexity index is 1530. The second-order valence-electron chi connectivity index (χ2n) is 9.68. The van der Waals surface area contributed by atoms with Crippen LogP contribution in [0.4, 0.5) is 29.6 Å². The van der Waals surface area contributed by atoms with Crippen LogP contribution in [-0.4, -0.2) is 51.9 Å². The molecule has 0 saturated heterocycles. The number of nitrogens with zero attached hydrogens (tertiary/aromatic N) is 3. The second kappa shape index (κ2) is 14.9. The van der Waals surface area contributed by atoms with Gasteiger partial charge in [-0.15, -0.1) is 13.2 Å². The molecule has 226 valence electrons. The number of benzene rings is 2. The first-order valence-corrected chi connectivity index (χ1v) is 13.6. The van der Waals surface area contributed by atoms with Crippen molar-refractivity contribution in [2.24, 2.45) is 5.73 Å². The number of aromatic nitrogens is 3. The van der Waals surface area contributed by atoms with Gasteiger partial charge in [-0.2, -0.15) is 0 Å². The van der Waals surface area contributed by atoms with Gasteiger partial charge in [-0.05, 0) is 73.8 Å². The lowest BCUT2D eigenvalue weighted by atomic mass is 10.1. The minimum Gasteiger partial charge on any atom is -0.404 e. The SMILES string of the molecule is NCCCN(CCCc1cccnc1)Cc1ccc(-c2cnc(NC(=O)Nc3ccccc3OC(F)(F)F)[nH]c2=O)cc1. The third-order valence-corrected chi connectivity index (χ3v) is 6.40. The zero-order chi connectivity index (χ0) is 30.7. The molecular formula is C30H32F3N7O3. The smallest absolute Gasteiger partial charge is 0.404 e. The molecule has 0 saturated carbocycles. The monoisotopic (exact) mass is 595 g/mol. The number of aryl methyl sites for hydroxylation is 1. The topological polar surface area (TPSA) is 138 Å². The van der Waals surface area contributed by atoms with Gasteiger partial charge in [0.1, 0.15) is 0 Å². The van der Waals surface area contributed by atoms with E-state index in [2.05, 4.69) is 41.3 Å². The van der Waals surface area contributed by atoms with Gasteiger partial charge in [-0.1, -0.05) is 42.5 Å². The van der Waals surface area contributed by atoms with E-state index in [0.29, 0.717) is 12.1 Å². The molecular weight excluding hydrogens is 563 g/mol. The zero-order valence-electron chi connectivity index (χ0n) is 23.2. The molecule has 0 radical (unpaired) electrons. The molecule has 0 fully saturated rings. The first-order valence-electron chi connectivity index (χ1n) is 13.6. The molecule has 13 heteroatoms. The van der Waals surface area contributed by atoms with Crippen molar-refractivity contribution >= 4 is 17.7 Å². The summed E-state index contributed by atoms with van der Waals surface area (Å²) < 4.78 is 41.8. The quantitative estimate of drug-likeness (QED) is 0.168. The number of H-pyrrole nitrogens is 1. The molecule has 10 nitrogen and oxygen atoms in total. The summed E-state index contributed by atoms with van der Waals surface area (Å²) in [5, 5.41) is 4.55. The van der Waals surface area contributed by atoms with E-state index >= 15 is 0 Å². The molecule has 2 amide bonds. The number of hydrogen-bond acceptors (Lipinski definition) is 7. The predicted molar refractivity (Wildman–Crippen MR) is 158 cm³/mol. The molecule has 0 spiro atoms. The Hall–Kier alpha value is -4.75.